The zero-order chi connectivity index (χ0) is 20.3. The van der Waals surface area contributed by atoms with Crippen molar-refractivity contribution in [1.82, 2.24) is 5.01 Å². The number of carbonyl (C=O) groups excluding carboxylic acids is 2. The Morgan fingerprint density at radius 3 is 1.96 bits per heavy atom. The molecule has 1 aliphatic heterocycles. The number of esters is 2. The molecule has 0 aromatic heterocycles. The number of nitro benzene ring substituents is 1. The maximum atomic E-state index is 12.5. The molecule has 27 heavy (non-hydrogen) atoms. The summed E-state index contributed by atoms with van der Waals surface area (Å²) in [5.74, 6) is -2.86. The first-order valence-electron chi connectivity index (χ1n) is 7.74. The van der Waals surface area contributed by atoms with Crippen molar-refractivity contribution in [3.63, 3.8) is 0 Å². The molecule has 10 heteroatoms. The van der Waals surface area contributed by atoms with Gasteiger partial charge < -0.3 is 9.47 Å². The number of benzene rings is 1. The van der Waals surface area contributed by atoms with E-state index < -0.39 is 22.8 Å². The highest BCUT2D eigenvalue weighted by Crippen LogP contribution is 2.45. The Labute approximate surface area is 154 Å². The van der Waals surface area contributed by atoms with Gasteiger partial charge in [-0.05, 0) is 13.8 Å². The Morgan fingerprint density at radius 1 is 1.07 bits per heavy atom. The largest absolute Gasteiger partial charge is 0.466 e. The standard InChI is InChI=1S/C17H17N3O7/c1-9-13(16(21)26-3)15(11-7-5-6-8-12(11)20(24)25)14(17(22)27-4)10(2)19(9)18-23/h5-8,15H,1-4H3. The lowest BCUT2D eigenvalue weighted by atomic mass is 9.79. The van der Waals surface area contributed by atoms with Crippen LogP contribution in [0.4, 0.5) is 5.69 Å². The first-order chi connectivity index (χ1) is 12.8. The fourth-order valence-electron chi connectivity index (χ4n) is 3.12. The lowest BCUT2D eigenvalue weighted by Gasteiger charge is -2.32. The van der Waals surface area contributed by atoms with Crippen molar-refractivity contribution in [2.24, 2.45) is 5.29 Å². The van der Waals surface area contributed by atoms with Gasteiger partial charge in [-0.3, -0.25) is 10.1 Å². The number of ether oxygens (including phenoxy) is 2. The van der Waals surface area contributed by atoms with Gasteiger partial charge in [-0.2, -0.15) is 0 Å². The number of nitroso groups, excluding NO2 is 1. The second-order valence-corrected chi connectivity index (χ2v) is 5.62. The summed E-state index contributed by atoms with van der Waals surface area (Å²) in [6.07, 6.45) is 0. The van der Waals surface area contributed by atoms with E-state index in [2.05, 4.69) is 5.29 Å². The molecule has 0 spiro atoms. The minimum absolute atomic E-state index is 0.0903. The Hall–Kier alpha value is -3.56. The molecule has 1 aromatic carbocycles. The zero-order valence-corrected chi connectivity index (χ0v) is 15.1. The minimum Gasteiger partial charge on any atom is -0.466 e. The molecule has 1 aliphatic rings. The van der Waals surface area contributed by atoms with Gasteiger partial charge in [-0.15, -0.1) is 4.91 Å². The number of nitrogens with zero attached hydrogens (tertiary/aromatic N) is 3. The summed E-state index contributed by atoms with van der Waals surface area (Å²) in [4.78, 5) is 47.1. The lowest BCUT2D eigenvalue weighted by molar-refractivity contribution is -0.385. The van der Waals surface area contributed by atoms with E-state index in [1.54, 1.807) is 6.07 Å². The molecule has 0 amide bonds. The van der Waals surface area contributed by atoms with E-state index in [9.17, 15) is 24.6 Å². The van der Waals surface area contributed by atoms with Crippen LogP contribution in [0.5, 0.6) is 0 Å². The van der Waals surface area contributed by atoms with Gasteiger partial charge in [0.15, 0.2) is 0 Å². The van der Waals surface area contributed by atoms with Crippen molar-refractivity contribution in [3.8, 4) is 0 Å². The summed E-state index contributed by atoms with van der Waals surface area (Å²) < 4.78 is 9.58. The fraction of sp³-hybridized carbons (Fsp3) is 0.294. The van der Waals surface area contributed by atoms with Crippen molar-refractivity contribution in [2.45, 2.75) is 19.8 Å². The third-order valence-corrected chi connectivity index (χ3v) is 4.33. The summed E-state index contributed by atoms with van der Waals surface area (Å²) in [5, 5.41) is 15.2. The first-order valence-corrected chi connectivity index (χ1v) is 7.74. The maximum absolute atomic E-state index is 12.5. The summed E-state index contributed by atoms with van der Waals surface area (Å²) in [6.45, 7) is 2.87. The molecule has 1 heterocycles. The topological polar surface area (TPSA) is 128 Å². The van der Waals surface area contributed by atoms with E-state index in [0.717, 1.165) is 19.2 Å². The van der Waals surface area contributed by atoms with Gasteiger partial charge in [0.2, 0.25) is 0 Å². The van der Waals surface area contributed by atoms with Crippen molar-refractivity contribution >= 4 is 17.6 Å². The number of carbonyl (C=O) groups is 2. The number of hydrogen-bond acceptors (Lipinski definition) is 8. The molecule has 0 saturated carbocycles. The Morgan fingerprint density at radius 2 is 1.56 bits per heavy atom. The Kier molecular flexibility index (Phi) is 5.69. The van der Waals surface area contributed by atoms with E-state index in [1.807, 2.05) is 0 Å². The first kappa shape index (κ1) is 19.8. The average Bonchev–Trinajstić information content (AvgIpc) is 2.66. The normalized spacial score (nSPS) is 14.9. The highest BCUT2D eigenvalue weighted by atomic mass is 16.6. The quantitative estimate of drug-likeness (QED) is 0.332. The minimum atomic E-state index is -1.16. The molecule has 0 saturated heterocycles. The third-order valence-electron chi connectivity index (χ3n) is 4.33. The number of nitro groups is 1. The van der Waals surface area contributed by atoms with Crippen LogP contribution in [-0.4, -0.2) is 36.1 Å². The van der Waals surface area contributed by atoms with Crippen LogP contribution in [0.2, 0.25) is 0 Å². The summed E-state index contributed by atoms with van der Waals surface area (Å²) in [6, 6.07) is 5.70. The van der Waals surface area contributed by atoms with Crippen LogP contribution in [0, 0.1) is 15.0 Å². The van der Waals surface area contributed by atoms with Crippen molar-refractivity contribution < 1.29 is 24.0 Å². The predicted molar refractivity (Wildman–Crippen MR) is 92.9 cm³/mol. The molecule has 1 aromatic rings. The molecule has 0 bridgehead atoms. The van der Waals surface area contributed by atoms with E-state index in [1.165, 1.54) is 32.0 Å². The van der Waals surface area contributed by atoms with Crippen molar-refractivity contribution in [1.29, 1.82) is 0 Å². The second kappa shape index (κ2) is 7.77. The monoisotopic (exact) mass is 375 g/mol. The Bertz CT molecular complexity index is 848. The summed E-state index contributed by atoms with van der Waals surface area (Å²) >= 11 is 0. The van der Waals surface area contributed by atoms with E-state index in [0.29, 0.717) is 0 Å². The molecular formula is C17H17N3O7. The van der Waals surface area contributed by atoms with Gasteiger partial charge in [0, 0.05) is 11.6 Å². The van der Waals surface area contributed by atoms with Crippen LogP contribution >= 0.6 is 0 Å². The average molecular weight is 375 g/mol. The predicted octanol–water partition coefficient (Wildman–Crippen LogP) is 2.57. The Balaban J connectivity index is 2.92. The number of rotatable bonds is 5. The van der Waals surface area contributed by atoms with Gasteiger partial charge in [0.1, 0.15) is 0 Å². The second-order valence-electron chi connectivity index (χ2n) is 5.62. The van der Waals surface area contributed by atoms with Crippen LogP contribution in [0.25, 0.3) is 0 Å². The van der Waals surface area contributed by atoms with Crippen molar-refractivity contribution in [3.05, 3.63) is 67.4 Å². The van der Waals surface area contributed by atoms with Crippen molar-refractivity contribution in [2.75, 3.05) is 14.2 Å². The van der Waals surface area contributed by atoms with Crippen LogP contribution < -0.4 is 0 Å². The number of hydrogen-bond donors (Lipinski definition) is 0. The SMILES string of the molecule is COC(=O)C1=C(C)N(N=O)C(C)=C(C(=O)OC)C1c1ccccc1[N+](=O)[O-]. The van der Waals surface area contributed by atoms with Crippen LogP contribution in [0.3, 0.4) is 0 Å². The molecule has 0 unspecified atom stereocenters. The van der Waals surface area contributed by atoms with Gasteiger partial charge >= 0.3 is 11.9 Å². The van der Waals surface area contributed by atoms with Gasteiger partial charge in [-0.1, -0.05) is 18.2 Å². The van der Waals surface area contributed by atoms with Gasteiger partial charge in [-0.25, -0.2) is 14.6 Å². The smallest absolute Gasteiger partial charge is 0.336 e. The molecule has 10 nitrogen and oxygen atoms in total. The lowest BCUT2D eigenvalue weighted by Crippen LogP contribution is -2.32. The molecule has 142 valence electrons. The van der Waals surface area contributed by atoms with Crippen LogP contribution in [0.15, 0.2) is 52.1 Å². The highest BCUT2D eigenvalue weighted by molar-refractivity contribution is 6.00. The maximum Gasteiger partial charge on any atom is 0.336 e. The molecular weight excluding hydrogens is 358 g/mol. The summed E-state index contributed by atoms with van der Waals surface area (Å²) in [7, 11) is 2.25. The molecule has 0 radical (unpaired) electrons. The van der Waals surface area contributed by atoms with E-state index in [-0.39, 0.29) is 33.8 Å². The van der Waals surface area contributed by atoms with E-state index in [4.69, 9.17) is 9.47 Å². The third kappa shape index (κ3) is 3.28. The molecule has 0 fully saturated rings. The van der Waals surface area contributed by atoms with Crippen LogP contribution in [0.1, 0.15) is 25.3 Å². The molecule has 0 atom stereocenters. The molecule has 0 N–H and O–H groups in total. The van der Waals surface area contributed by atoms with E-state index >= 15 is 0 Å². The van der Waals surface area contributed by atoms with Gasteiger partial charge in [0.25, 0.3) is 5.69 Å². The number of para-hydroxylation sites is 1. The number of methoxy groups -OCH3 is 2. The summed E-state index contributed by atoms with van der Waals surface area (Å²) in [5.41, 5.74) is -0.226. The van der Waals surface area contributed by atoms with Gasteiger partial charge in [0.05, 0.1) is 52.9 Å². The van der Waals surface area contributed by atoms with Crippen LogP contribution in [-0.2, 0) is 19.1 Å². The highest BCUT2D eigenvalue weighted by Gasteiger charge is 2.43. The zero-order valence-electron chi connectivity index (χ0n) is 15.1. The fourth-order valence-corrected chi connectivity index (χ4v) is 3.12. The molecule has 2 rings (SSSR count). The number of allylic oxidation sites excluding steroid dienone is 2. The molecule has 0 aliphatic carbocycles.